The Morgan fingerprint density at radius 3 is 2.84 bits per heavy atom. The third-order valence-corrected chi connectivity index (χ3v) is 4.61. The Labute approximate surface area is 147 Å². The number of imidazole rings is 1. The van der Waals surface area contributed by atoms with Gasteiger partial charge in [-0.15, -0.1) is 0 Å². The van der Waals surface area contributed by atoms with Gasteiger partial charge in [-0.25, -0.2) is 15.0 Å². The third-order valence-electron chi connectivity index (χ3n) is 4.61. The van der Waals surface area contributed by atoms with Crippen molar-refractivity contribution in [3.8, 4) is 0 Å². The summed E-state index contributed by atoms with van der Waals surface area (Å²) in [5, 5.41) is 6.14. The normalized spacial score (nSPS) is 17.1. The fourth-order valence-corrected chi connectivity index (χ4v) is 3.06. The van der Waals surface area contributed by atoms with Crippen molar-refractivity contribution < 1.29 is 4.79 Å². The van der Waals surface area contributed by atoms with E-state index >= 15 is 0 Å². The Morgan fingerprint density at radius 1 is 1.36 bits per heavy atom. The maximum atomic E-state index is 11.9. The van der Waals surface area contributed by atoms with Crippen molar-refractivity contribution in [3.63, 3.8) is 0 Å². The standard InChI is InChI=1S/C17H25N7O/c1-11-12(2)21-15(17(25)18-3)22-16(11)24-6-5-13(9-24)19-7-14-8-23(4)10-20-14/h8,10,13,19H,5-7,9H2,1-4H3,(H,18,25)/t13-/m1/s1. The zero-order valence-electron chi connectivity index (χ0n) is 15.2. The Morgan fingerprint density at radius 2 is 2.16 bits per heavy atom. The molecule has 0 unspecified atom stereocenters. The van der Waals surface area contributed by atoms with E-state index in [2.05, 4.69) is 30.5 Å². The number of rotatable bonds is 5. The van der Waals surface area contributed by atoms with Gasteiger partial charge in [0.2, 0.25) is 5.82 Å². The first kappa shape index (κ1) is 17.3. The van der Waals surface area contributed by atoms with E-state index in [0.29, 0.717) is 6.04 Å². The van der Waals surface area contributed by atoms with Crippen LogP contribution in [0.5, 0.6) is 0 Å². The van der Waals surface area contributed by atoms with Gasteiger partial charge in [0.15, 0.2) is 0 Å². The average molecular weight is 343 g/mol. The van der Waals surface area contributed by atoms with Crippen LogP contribution in [0, 0.1) is 13.8 Å². The Hall–Kier alpha value is -2.48. The van der Waals surface area contributed by atoms with Gasteiger partial charge in [0, 0.05) is 57.2 Å². The van der Waals surface area contributed by atoms with Gasteiger partial charge in [-0.05, 0) is 20.3 Å². The highest BCUT2D eigenvalue weighted by atomic mass is 16.2. The molecule has 134 valence electrons. The van der Waals surface area contributed by atoms with Crippen LogP contribution in [0.3, 0.4) is 0 Å². The number of nitrogens with one attached hydrogen (secondary N) is 2. The van der Waals surface area contributed by atoms with Crippen molar-refractivity contribution >= 4 is 11.7 Å². The maximum absolute atomic E-state index is 11.9. The summed E-state index contributed by atoms with van der Waals surface area (Å²) in [6, 6.07) is 0.375. The van der Waals surface area contributed by atoms with E-state index in [1.165, 1.54) is 0 Å². The molecule has 0 bridgehead atoms. The second kappa shape index (κ2) is 7.18. The van der Waals surface area contributed by atoms with E-state index in [1.54, 1.807) is 7.05 Å². The SMILES string of the molecule is CNC(=O)c1nc(C)c(C)c(N2CC[C@@H](NCc3cn(C)cn3)C2)n1. The largest absolute Gasteiger partial charge is 0.355 e. The molecule has 3 rings (SSSR count). The number of hydrogen-bond donors (Lipinski definition) is 2. The fourth-order valence-electron chi connectivity index (χ4n) is 3.06. The van der Waals surface area contributed by atoms with Crippen LogP contribution in [-0.4, -0.2) is 51.6 Å². The van der Waals surface area contributed by atoms with E-state index in [9.17, 15) is 4.79 Å². The molecule has 0 saturated carbocycles. The maximum Gasteiger partial charge on any atom is 0.288 e. The summed E-state index contributed by atoms with van der Waals surface area (Å²) in [5.41, 5.74) is 2.91. The van der Waals surface area contributed by atoms with Crippen molar-refractivity contribution in [1.82, 2.24) is 30.2 Å². The molecule has 2 aromatic heterocycles. The van der Waals surface area contributed by atoms with Gasteiger partial charge in [-0.3, -0.25) is 4.79 Å². The van der Waals surface area contributed by atoms with E-state index in [4.69, 9.17) is 0 Å². The molecule has 1 saturated heterocycles. The minimum absolute atomic E-state index is 0.227. The molecule has 3 heterocycles. The highest BCUT2D eigenvalue weighted by molar-refractivity contribution is 5.90. The molecular weight excluding hydrogens is 318 g/mol. The first-order valence-electron chi connectivity index (χ1n) is 8.50. The lowest BCUT2D eigenvalue weighted by atomic mass is 10.2. The topological polar surface area (TPSA) is 88.0 Å². The van der Waals surface area contributed by atoms with E-state index in [1.807, 2.05) is 38.0 Å². The lowest BCUT2D eigenvalue weighted by Crippen LogP contribution is -2.33. The van der Waals surface area contributed by atoms with Crippen LogP contribution in [-0.2, 0) is 13.6 Å². The molecule has 8 heteroatoms. The molecular formula is C17H25N7O. The first-order valence-corrected chi connectivity index (χ1v) is 8.50. The Kier molecular flexibility index (Phi) is 4.98. The predicted molar refractivity (Wildman–Crippen MR) is 95.6 cm³/mol. The number of nitrogens with zero attached hydrogens (tertiary/aromatic N) is 5. The Bertz CT molecular complexity index is 770. The molecule has 2 N–H and O–H groups in total. The van der Waals surface area contributed by atoms with Crippen molar-refractivity contribution in [1.29, 1.82) is 0 Å². The van der Waals surface area contributed by atoms with Crippen LogP contribution in [0.1, 0.15) is 34.0 Å². The van der Waals surface area contributed by atoms with Crippen molar-refractivity contribution in [2.24, 2.45) is 7.05 Å². The van der Waals surface area contributed by atoms with Crippen LogP contribution in [0.25, 0.3) is 0 Å². The molecule has 8 nitrogen and oxygen atoms in total. The first-order chi connectivity index (χ1) is 12.0. The van der Waals surface area contributed by atoms with Gasteiger partial charge >= 0.3 is 0 Å². The average Bonchev–Trinajstić information content (AvgIpc) is 3.23. The van der Waals surface area contributed by atoms with Crippen LogP contribution in [0.15, 0.2) is 12.5 Å². The Balaban J connectivity index is 1.68. The third kappa shape index (κ3) is 3.79. The summed E-state index contributed by atoms with van der Waals surface area (Å²) >= 11 is 0. The minimum Gasteiger partial charge on any atom is -0.355 e. The fraction of sp³-hybridized carbons (Fsp3) is 0.529. The summed E-state index contributed by atoms with van der Waals surface area (Å²) in [6.45, 7) is 6.44. The molecule has 0 radical (unpaired) electrons. The molecule has 1 amide bonds. The van der Waals surface area contributed by atoms with Gasteiger partial charge in [-0.1, -0.05) is 0 Å². The predicted octanol–water partition coefficient (Wildman–Crippen LogP) is 0.555. The number of carbonyl (C=O) groups excluding carboxylic acids is 1. The lowest BCUT2D eigenvalue weighted by molar-refractivity contribution is 0.0952. The smallest absolute Gasteiger partial charge is 0.288 e. The second-order valence-electron chi connectivity index (χ2n) is 6.50. The highest BCUT2D eigenvalue weighted by Crippen LogP contribution is 2.24. The molecule has 0 aromatic carbocycles. The second-order valence-corrected chi connectivity index (χ2v) is 6.50. The van der Waals surface area contributed by atoms with Gasteiger partial charge in [0.05, 0.1) is 12.0 Å². The minimum atomic E-state index is -0.256. The van der Waals surface area contributed by atoms with Crippen molar-refractivity contribution in [2.75, 3.05) is 25.0 Å². The van der Waals surface area contributed by atoms with Crippen LogP contribution >= 0.6 is 0 Å². The number of hydrogen-bond acceptors (Lipinski definition) is 6. The van der Waals surface area contributed by atoms with Crippen molar-refractivity contribution in [3.05, 3.63) is 35.3 Å². The molecule has 1 atom stereocenters. The lowest BCUT2D eigenvalue weighted by Gasteiger charge is -2.21. The molecule has 2 aromatic rings. The quantitative estimate of drug-likeness (QED) is 0.825. The number of carbonyl (C=O) groups is 1. The number of aromatic nitrogens is 4. The molecule has 1 aliphatic heterocycles. The monoisotopic (exact) mass is 343 g/mol. The molecule has 0 spiro atoms. The van der Waals surface area contributed by atoms with Crippen molar-refractivity contribution in [2.45, 2.75) is 32.9 Å². The summed E-state index contributed by atoms with van der Waals surface area (Å²) in [5.74, 6) is 0.826. The zero-order valence-corrected chi connectivity index (χ0v) is 15.2. The molecule has 1 fully saturated rings. The van der Waals surface area contributed by atoms with Gasteiger partial charge < -0.3 is 20.1 Å². The molecule has 1 aliphatic rings. The van der Waals surface area contributed by atoms with Gasteiger partial charge in [0.1, 0.15) is 5.82 Å². The molecule has 25 heavy (non-hydrogen) atoms. The summed E-state index contributed by atoms with van der Waals surface area (Å²) < 4.78 is 1.95. The van der Waals surface area contributed by atoms with E-state index < -0.39 is 0 Å². The van der Waals surface area contributed by atoms with Crippen LogP contribution in [0.2, 0.25) is 0 Å². The number of amides is 1. The summed E-state index contributed by atoms with van der Waals surface area (Å²) in [4.78, 5) is 27.3. The molecule has 0 aliphatic carbocycles. The van der Waals surface area contributed by atoms with Gasteiger partial charge in [-0.2, -0.15) is 0 Å². The van der Waals surface area contributed by atoms with Crippen LogP contribution < -0.4 is 15.5 Å². The number of aryl methyl sites for hydroxylation is 2. The number of anilines is 1. The van der Waals surface area contributed by atoms with Crippen LogP contribution in [0.4, 0.5) is 5.82 Å². The summed E-state index contributed by atoms with van der Waals surface area (Å²) in [6.07, 6.45) is 4.86. The zero-order chi connectivity index (χ0) is 18.0. The van der Waals surface area contributed by atoms with E-state index in [0.717, 1.165) is 48.8 Å². The van der Waals surface area contributed by atoms with Gasteiger partial charge in [0.25, 0.3) is 5.91 Å². The summed E-state index contributed by atoms with van der Waals surface area (Å²) in [7, 11) is 3.56. The highest BCUT2D eigenvalue weighted by Gasteiger charge is 2.26. The van der Waals surface area contributed by atoms with E-state index in [-0.39, 0.29) is 11.7 Å².